The number of nitrogens with one attached hydrogen (secondary N) is 1. The predicted octanol–water partition coefficient (Wildman–Crippen LogP) is 2.81. The Balaban J connectivity index is 1.55. The molecule has 0 saturated carbocycles. The van der Waals surface area contributed by atoms with Crippen LogP contribution in [0.2, 0.25) is 0 Å². The van der Waals surface area contributed by atoms with Gasteiger partial charge < -0.3 is 15.2 Å². The summed E-state index contributed by atoms with van der Waals surface area (Å²) < 4.78 is 13.4. The van der Waals surface area contributed by atoms with Crippen LogP contribution in [0.1, 0.15) is 28.8 Å². The highest BCUT2D eigenvalue weighted by Crippen LogP contribution is 2.32. The zero-order valence-electron chi connectivity index (χ0n) is 15.6. The Hall–Kier alpha value is -3.04. The smallest absolute Gasteiger partial charge is 0.266 e. The third kappa shape index (κ3) is 5.31. The first-order valence-corrected chi connectivity index (χ1v) is 10.2. The lowest BCUT2D eigenvalue weighted by atomic mass is 10.1. The number of thioether (sulfide) groups is 1. The van der Waals surface area contributed by atoms with E-state index in [1.165, 1.54) is 35.2 Å². The van der Waals surface area contributed by atoms with Crippen LogP contribution in [0.3, 0.4) is 0 Å². The molecule has 0 bridgehead atoms. The zero-order valence-corrected chi connectivity index (χ0v) is 17.2. The van der Waals surface area contributed by atoms with Gasteiger partial charge in [0, 0.05) is 24.2 Å². The van der Waals surface area contributed by atoms with Crippen molar-refractivity contribution in [1.29, 1.82) is 0 Å². The number of carbonyl (C=O) groups is 3. The van der Waals surface area contributed by atoms with Crippen molar-refractivity contribution >= 4 is 57.8 Å². The minimum atomic E-state index is -1.38. The Morgan fingerprint density at radius 2 is 1.87 bits per heavy atom. The third-order valence-electron chi connectivity index (χ3n) is 4.25. The minimum absolute atomic E-state index is 0.0788. The normalized spacial score (nSPS) is 15.0. The number of carboxylic acids is 1. The van der Waals surface area contributed by atoms with Gasteiger partial charge in [0.15, 0.2) is 0 Å². The molecule has 2 aromatic rings. The minimum Gasteiger partial charge on any atom is -0.545 e. The molecule has 2 aromatic carbocycles. The van der Waals surface area contributed by atoms with E-state index in [1.54, 1.807) is 24.3 Å². The summed E-state index contributed by atoms with van der Waals surface area (Å²) in [5.74, 6) is -2.38. The summed E-state index contributed by atoms with van der Waals surface area (Å²) in [6.45, 7) is 0.251. The van der Waals surface area contributed by atoms with Gasteiger partial charge in [0.2, 0.25) is 5.91 Å². The summed E-state index contributed by atoms with van der Waals surface area (Å²) in [7, 11) is 0. The maximum Gasteiger partial charge on any atom is 0.266 e. The number of para-hydroxylation sites is 1. The first-order valence-electron chi connectivity index (χ1n) is 8.96. The maximum absolute atomic E-state index is 13.0. The summed E-state index contributed by atoms with van der Waals surface area (Å²) in [6, 6.07) is 11.7. The van der Waals surface area contributed by atoms with Crippen molar-refractivity contribution < 1.29 is 23.9 Å². The number of halogens is 1. The molecular weight excluding hydrogens is 427 g/mol. The van der Waals surface area contributed by atoms with Crippen molar-refractivity contribution in [2.75, 3.05) is 11.9 Å². The molecule has 0 atom stereocenters. The molecule has 0 radical (unpaired) electrons. The molecule has 0 spiro atoms. The number of hydrogen-bond donors (Lipinski definition) is 1. The van der Waals surface area contributed by atoms with Gasteiger partial charge in [-0.05, 0) is 36.3 Å². The fourth-order valence-electron chi connectivity index (χ4n) is 2.78. The number of aromatic carboxylic acids is 1. The second kappa shape index (κ2) is 9.64. The van der Waals surface area contributed by atoms with Crippen LogP contribution in [0.5, 0.6) is 0 Å². The summed E-state index contributed by atoms with van der Waals surface area (Å²) in [4.78, 5) is 37.7. The van der Waals surface area contributed by atoms with Crippen molar-refractivity contribution in [3.8, 4) is 0 Å². The van der Waals surface area contributed by atoms with Crippen LogP contribution in [0.15, 0.2) is 53.4 Å². The van der Waals surface area contributed by atoms with Gasteiger partial charge in [-0.1, -0.05) is 54.3 Å². The Labute approximate surface area is 181 Å². The van der Waals surface area contributed by atoms with Crippen LogP contribution in [-0.2, 0) is 9.59 Å². The SMILES string of the molecule is O=C(CCCN1C(=O)/C(=C/c2ccc(F)cc2)SC1=S)Nc1ccccc1C(=O)[O-]. The monoisotopic (exact) mass is 443 g/mol. The zero-order chi connectivity index (χ0) is 21.7. The molecule has 0 aromatic heterocycles. The number of rotatable bonds is 7. The van der Waals surface area contributed by atoms with Gasteiger partial charge in [-0.25, -0.2) is 4.39 Å². The molecule has 1 N–H and O–H groups in total. The maximum atomic E-state index is 13.0. The fraction of sp³-hybridized carbons (Fsp3) is 0.143. The van der Waals surface area contributed by atoms with Crippen molar-refractivity contribution in [1.82, 2.24) is 4.90 Å². The van der Waals surface area contributed by atoms with E-state index in [0.717, 1.165) is 11.8 Å². The molecule has 9 heteroatoms. The molecule has 2 amide bonds. The number of carboxylic acid groups (broad SMARTS) is 1. The average molecular weight is 444 g/mol. The van der Waals surface area contributed by atoms with E-state index in [0.29, 0.717) is 21.2 Å². The molecule has 1 aliphatic rings. The van der Waals surface area contributed by atoms with Crippen LogP contribution in [-0.4, -0.2) is 33.5 Å². The highest BCUT2D eigenvalue weighted by atomic mass is 32.2. The molecule has 1 fully saturated rings. The van der Waals surface area contributed by atoms with Gasteiger partial charge in [0.1, 0.15) is 10.1 Å². The summed E-state index contributed by atoms with van der Waals surface area (Å²) in [5, 5.41) is 13.6. The predicted molar refractivity (Wildman–Crippen MR) is 115 cm³/mol. The highest BCUT2D eigenvalue weighted by Gasteiger charge is 2.31. The van der Waals surface area contributed by atoms with Crippen LogP contribution in [0.4, 0.5) is 10.1 Å². The van der Waals surface area contributed by atoms with Gasteiger partial charge in [0.25, 0.3) is 5.91 Å². The molecule has 6 nitrogen and oxygen atoms in total. The topological polar surface area (TPSA) is 89.5 Å². The number of thiocarbonyl (C=S) groups is 1. The second-order valence-corrected chi connectivity index (χ2v) is 8.05. The van der Waals surface area contributed by atoms with Crippen LogP contribution >= 0.6 is 24.0 Å². The van der Waals surface area contributed by atoms with E-state index < -0.39 is 5.97 Å². The highest BCUT2D eigenvalue weighted by molar-refractivity contribution is 8.26. The number of anilines is 1. The number of carbonyl (C=O) groups excluding carboxylic acids is 3. The van der Waals surface area contributed by atoms with Gasteiger partial charge in [-0.3, -0.25) is 14.5 Å². The van der Waals surface area contributed by atoms with Crippen LogP contribution in [0.25, 0.3) is 6.08 Å². The third-order valence-corrected chi connectivity index (χ3v) is 5.63. The molecule has 3 rings (SSSR count). The average Bonchev–Trinajstić information content (AvgIpc) is 2.97. The van der Waals surface area contributed by atoms with Gasteiger partial charge in [0.05, 0.1) is 10.9 Å². The molecule has 1 aliphatic heterocycles. The van der Waals surface area contributed by atoms with E-state index in [1.807, 2.05) is 0 Å². The van der Waals surface area contributed by atoms with E-state index in [4.69, 9.17) is 12.2 Å². The van der Waals surface area contributed by atoms with E-state index in [9.17, 15) is 23.9 Å². The summed E-state index contributed by atoms with van der Waals surface area (Å²) in [5.41, 5.74) is 0.743. The Morgan fingerprint density at radius 3 is 2.57 bits per heavy atom. The van der Waals surface area contributed by atoms with E-state index >= 15 is 0 Å². The van der Waals surface area contributed by atoms with E-state index in [-0.39, 0.29) is 41.8 Å². The van der Waals surface area contributed by atoms with Gasteiger partial charge in [-0.15, -0.1) is 0 Å². The molecule has 0 aliphatic carbocycles. The lowest BCUT2D eigenvalue weighted by Crippen LogP contribution is -2.30. The van der Waals surface area contributed by atoms with Crippen molar-refractivity contribution in [3.05, 3.63) is 70.4 Å². The molecular formula is C21H16FN2O4S2-. The Kier molecular flexibility index (Phi) is 6.96. The quantitative estimate of drug-likeness (QED) is 0.523. The fourth-order valence-corrected chi connectivity index (χ4v) is 4.09. The lowest BCUT2D eigenvalue weighted by Gasteiger charge is -2.15. The lowest BCUT2D eigenvalue weighted by molar-refractivity contribution is -0.254. The molecule has 1 saturated heterocycles. The number of amides is 2. The molecule has 1 heterocycles. The Morgan fingerprint density at radius 1 is 1.17 bits per heavy atom. The Bertz CT molecular complexity index is 1040. The first-order chi connectivity index (χ1) is 14.3. The van der Waals surface area contributed by atoms with Gasteiger partial charge in [-0.2, -0.15) is 0 Å². The molecule has 154 valence electrons. The largest absolute Gasteiger partial charge is 0.545 e. The summed E-state index contributed by atoms with van der Waals surface area (Å²) in [6.07, 6.45) is 2.06. The van der Waals surface area contributed by atoms with Crippen LogP contribution in [0, 0.1) is 5.82 Å². The number of hydrogen-bond acceptors (Lipinski definition) is 6. The standard InChI is InChI=1S/C21H17FN2O4S2/c22-14-9-7-13(8-10-14)12-17-19(26)24(21(29)30-17)11-3-6-18(25)23-16-5-2-1-4-15(16)20(27)28/h1-2,4-5,7-10,12H,3,6,11H2,(H,23,25)(H,27,28)/p-1/b17-12-. The summed E-state index contributed by atoms with van der Waals surface area (Å²) >= 11 is 6.41. The molecule has 0 unspecified atom stereocenters. The van der Waals surface area contributed by atoms with Gasteiger partial charge >= 0.3 is 0 Å². The van der Waals surface area contributed by atoms with Crippen molar-refractivity contribution in [2.45, 2.75) is 12.8 Å². The number of benzene rings is 2. The first kappa shape index (κ1) is 21.7. The molecule has 30 heavy (non-hydrogen) atoms. The number of nitrogens with zero attached hydrogens (tertiary/aromatic N) is 1. The van der Waals surface area contributed by atoms with E-state index in [2.05, 4.69) is 5.32 Å². The van der Waals surface area contributed by atoms with Crippen molar-refractivity contribution in [3.63, 3.8) is 0 Å². The second-order valence-electron chi connectivity index (χ2n) is 6.37. The van der Waals surface area contributed by atoms with Crippen molar-refractivity contribution in [2.24, 2.45) is 0 Å². The van der Waals surface area contributed by atoms with Crippen LogP contribution < -0.4 is 10.4 Å².